The van der Waals surface area contributed by atoms with Gasteiger partial charge in [0.05, 0.1) is 26.4 Å². The monoisotopic (exact) mass is 544 g/mol. The minimum Gasteiger partial charge on any atom is -0.508 e. The van der Waals surface area contributed by atoms with E-state index >= 15 is 0 Å². The Morgan fingerprint density at radius 2 is 0.975 bits per heavy atom. The average molecular weight is 545 g/mol. The lowest BCUT2D eigenvalue weighted by atomic mass is 9.94. The molecule has 4 N–H and O–H groups in total. The van der Waals surface area contributed by atoms with E-state index in [1.54, 1.807) is 50.6 Å². The SMILES string of the molecule is COc1ccccc1C1CC(O)c2cc(O)ccc2O1.COc1ccccc1C1CC(O)c2cc(O)ccc2O1. The molecule has 0 saturated carbocycles. The molecule has 0 aromatic heterocycles. The molecular weight excluding hydrogens is 512 g/mol. The van der Waals surface area contributed by atoms with Gasteiger partial charge in [0, 0.05) is 35.1 Å². The number of aromatic hydroxyl groups is 2. The second kappa shape index (κ2) is 11.8. The Bertz CT molecular complexity index is 1360. The largest absolute Gasteiger partial charge is 0.508 e. The first-order valence-electron chi connectivity index (χ1n) is 13.0. The minimum absolute atomic E-state index is 0.127. The molecule has 2 aliphatic heterocycles. The number of fused-ring (bicyclic) bond motifs is 2. The van der Waals surface area contributed by atoms with Gasteiger partial charge >= 0.3 is 0 Å². The maximum Gasteiger partial charge on any atom is 0.130 e. The van der Waals surface area contributed by atoms with Crippen LogP contribution in [0.3, 0.4) is 0 Å². The van der Waals surface area contributed by atoms with Gasteiger partial charge in [0.15, 0.2) is 0 Å². The Hall–Kier alpha value is -4.40. The van der Waals surface area contributed by atoms with E-state index in [0.29, 0.717) is 35.5 Å². The number of aliphatic hydroxyl groups is 2. The number of phenols is 2. The molecule has 4 aromatic carbocycles. The topological polar surface area (TPSA) is 118 Å². The predicted octanol–water partition coefficient (Wildman–Crippen LogP) is 5.92. The molecule has 0 bridgehead atoms. The molecule has 0 saturated heterocycles. The van der Waals surface area contributed by atoms with Gasteiger partial charge in [-0.3, -0.25) is 0 Å². The first kappa shape index (κ1) is 27.2. The molecular formula is C32H32O8. The van der Waals surface area contributed by atoms with Crippen molar-refractivity contribution >= 4 is 0 Å². The summed E-state index contributed by atoms with van der Waals surface area (Å²) in [5, 5.41) is 39.5. The molecule has 4 atom stereocenters. The van der Waals surface area contributed by atoms with Gasteiger partial charge < -0.3 is 39.4 Å². The third-order valence-electron chi connectivity index (χ3n) is 7.09. The Morgan fingerprint density at radius 1 is 0.575 bits per heavy atom. The Balaban J connectivity index is 0.000000161. The fourth-order valence-corrected chi connectivity index (χ4v) is 5.12. The first-order valence-corrected chi connectivity index (χ1v) is 13.0. The van der Waals surface area contributed by atoms with E-state index in [1.807, 2.05) is 48.5 Å². The Labute approximate surface area is 232 Å². The standard InChI is InChI=1S/2C16H16O4/c2*1-19-14-5-3-2-4-11(14)16-9-13(18)12-8-10(17)6-7-15(12)20-16/h2*2-8,13,16-18H,9H2,1H3. The highest BCUT2D eigenvalue weighted by Crippen LogP contribution is 2.45. The van der Waals surface area contributed by atoms with Crippen molar-refractivity contribution in [3.05, 3.63) is 107 Å². The molecule has 6 rings (SSSR count). The number of para-hydroxylation sites is 2. The maximum absolute atomic E-state index is 10.2. The lowest BCUT2D eigenvalue weighted by Gasteiger charge is -2.30. The number of aliphatic hydroxyl groups excluding tert-OH is 2. The van der Waals surface area contributed by atoms with Gasteiger partial charge in [-0.2, -0.15) is 0 Å². The molecule has 4 unspecified atom stereocenters. The van der Waals surface area contributed by atoms with Crippen molar-refractivity contribution in [2.45, 2.75) is 37.3 Å². The second-order valence-corrected chi connectivity index (χ2v) is 9.64. The van der Waals surface area contributed by atoms with E-state index in [0.717, 1.165) is 22.6 Å². The lowest BCUT2D eigenvalue weighted by Crippen LogP contribution is -2.19. The molecule has 2 heterocycles. The summed E-state index contributed by atoms with van der Waals surface area (Å²) < 4.78 is 22.5. The van der Waals surface area contributed by atoms with Crippen LogP contribution in [-0.2, 0) is 0 Å². The average Bonchev–Trinajstić information content (AvgIpc) is 2.98. The number of hydrogen-bond acceptors (Lipinski definition) is 8. The highest BCUT2D eigenvalue weighted by molar-refractivity contribution is 5.46. The number of methoxy groups -OCH3 is 2. The summed E-state index contributed by atoms with van der Waals surface area (Å²) in [4.78, 5) is 0. The second-order valence-electron chi connectivity index (χ2n) is 9.64. The quantitative estimate of drug-likeness (QED) is 0.250. The van der Waals surface area contributed by atoms with Crippen molar-refractivity contribution in [2.75, 3.05) is 14.2 Å². The van der Waals surface area contributed by atoms with E-state index in [2.05, 4.69) is 0 Å². The van der Waals surface area contributed by atoms with Crippen LogP contribution in [0.2, 0.25) is 0 Å². The molecule has 0 fully saturated rings. The zero-order chi connectivity index (χ0) is 28.2. The maximum atomic E-state index is 10.2. The molecule has 8 heteroatoms. The van der Waals surface area contributed by atoms with Crippen LogP contribution in [0.4, 0.5) is 0 Å². The van der Waals surface area contributed by atoms with Crippen molar-refractivity contribution in [2.24, 2.45) is 0 Å². The van der Waals surface area contributed by atoms with Crippen LogP contribution in [0, 0.1) is 0 Å². The highest BCUT2D eigenvalue weighted by atomic mass is 16.5. The third kappa shape index (κ3) is 5.64. The number of rotatable bonds is 4. The van der Waals surface area contributed by atoms with E-state index in [1.165, 1.54) is 0 Å². The number of benzene rings is 4. The normalized spacial score (nSPS) is 20.9. The summed E-state index contributed by atoms with van der Waals surface area (Å²) in [5.74, 6) is 2.93. The highest BCUT2D eigenvalue weighted by Gasteiger charge is 2.31. The zero-order valence-corrected chi connectivity index (χ0v) is 22.2. The Kier molecular flexibility index (Phi) is 8.00. The Morgan fingerprint density at radius 3 is 1.38 bits per heavy atom. The summed E-state index contributed by atoms with van der Waals surface area (Å²) in [6.07, 6.45) is -1.01. The summed E-state index contributed by atoms with van der Waals surface area (Å²) in [5.41, 5.74) is 3.06. The molecule has 40 heavy (non-hydrogen) atoms. The molecule has 0 amide bonds. The summed E-state index contributed by atoms with van der Waals surface area (Å²) >= 11 is 0. The van der Waals surface area contributed by atoms with Gasteiger partial charge in [-0.1, -0.05) is 36.4 Å². The van der Waals surface area contributed by atoms with Crippen LogP contribution in [-0.4, -0.2) is 34.6 Å². The van der Waals surface area contributed by atoms with E-state index in [4.69, 9.17) is 18.9 Å². The molecule has 0 spiro atoms. The van der Waals surface area contributed by atoms with Gasteiger partial charge in [-0.15, -0.1) is 0 Å². The lowest BCUT2D eigenvalue weighted by molar-refractivity contribution is 0.0638. The van der Waals surface area contributed by atoms with Crippen molar-refractivity contribution in [1.29, 1.82) is 0 Å². The van der Waals surface area contributed by atoms with E-state index in [9.17, 15) is 20.4 Å². The fraction of sp³-hybridized carbons (Fsp3) is 0.250. The first-order chi connectivity index (χ1) is 19.4. The number of phenolic OH excluding ortho intramolecular Hbond substituents is 2. The van der Waals surface area contributed by atoms with Gasteiger partial charge in [0.2, 0.25) is 0 Å². The van der Waals surface area contributed by atoms with Gasteiger partial charge in [0.25, 0.3) is 0 Å². The van der Waals surface area contributed by atoms with Crippen LogP contribution in [0.15, 0.2) is 84.9 Å². The van der Waals surface area contributed by atoms with Crippen LogP contribution in [0.25, 0.3) is 0 Å². The van der Waals surface area contributed by atoms with Crippen molar-refractivity contribution in [3.8, 4) is 34.5 Å². The van der Waals surface area contributed by atoms with Crippen LogP contribution >= 0.6 is 0 Å². The van der Waals surface area contributed by atoms with Crippen molar-refractivity contribution < 1.29 is 39.4 Å². The van der Waals surface area contributed by atoms with E-state index in [-0.39, 0.29) is 23.7 Å². The van der Waals surface area contributed by atoms with Gasteiger partial charge in [0.1, 0.15) is 46.7 Å². The van der Waals surface area contributed by atoms with Crippen LogP contribution in [0.5, 0.6) is 34.5 Å². The molecule has 0 aliphatic carbocycles. The van der Waals surface area contributed by atoms with Gasteiger partial charge in [-0.25, -0.2) is 0 Å². The predicted molar refractivity (Wildman–Crippen MR) is 148 cm³/mol. The smallest absolute Gasteiger partial charge is 0.130 e. The third-order valence-corrected chi connectivity index (χ3v) is 7.09. The summed E-state index contributed by atoms with van der Waals surface area (Å²) in [6, 6.07) is 24.8. The van der Waals surface area contributed by atoms with Gasteiger partial charge in [-0.05, 0) is 48.5 Å². The van der Waals surface area contributed by atoms with Crippen LogP contribution in [0.1, 0.15) is 59.5 Å². The van der Waals surface area contributed by atoms with Crippen molar-refractivity contribution in [1.82, 2.24) is 0 Å². The molecule has 0 radical (unpaired) electrons. The zero-order valence-electron chi connectivity index (χ0n) is 22.2. The van der Waals surface area contributed by atoms with Crippen LogP contribution < -0.4 is 18.9 Å². The summed E-state index contributed by atoms with van der Waals surface area (Å²) in [6.45, 7) is 0. The fourth-order valence-electron chi connectivity index (χ4n) is 5.12. The minimum atomic E-state index is -0.666. The molecule has 2 aliphatic rings. The number of hydrogen-bond donors (Lipinski definition) is 4. The molecule has 8 nitrogen and oxygen atoms in total. The summed E-state index contributed by atoms with van der Waals surface area (Å²) in [7, 11) is 3.23. The number of ether oxygens (including phenoxy) is 4. The molecule has 208 valence electrons. The molecule has 4 aromatic rings. The van der Waals surface area contributed by atoms with E-state index < -0.39 is 12.2 Å². The van der Waals surface area contributed by atoms with Crippen molar-refractivity contribution in [3.63, 3.8) is 0 Å².